The van der Waals surface area contributed by atoms with E-state index in [9.17, 15) is 4.79 Å². The first-order valence-electron chi connectivity index (χ1n) is 12.6. The molecule has 2 aliphatic rings. The molecule has 0 bridgehead atoms. The largest absolute Gasteiger partial charge is 0.493 e. The predicted octanol–water partition coefficient (Wildman–Crippen LogP) is 4.77. The second-order valence-corrected chi connectivity index (χ2v) is 9.60. The number of piperidine rings is 1. The van der Waals surface area contributed by atoms with Crippen LogP contribution in [0.4, 0.5) is 5.69 Å². The Morgan fingerprint density at radius 2 is 1.91 bits per heavy atom. The van der Waals surface area contributed by atoms with Gasteiger partial charge in [0.1, 0.15) is 11.4 Å². The zero-order chi connectivity index (χ0) is 24.3. The van der Waals surface area contributed by atoms with Crippen LogP contribution >= 0.6 is 0 Å². The highest BCUT2D eigenvalue weighted by Gasteiger charge is 2.44. The van der Waals surface area contributed by atoms with E-state index < -0.39 is 0 Å². The van der Waals surface area contributed by atoms with Gasteiger partial charge in [-0.1, -0.05) is 37.3 Å². The van der Waals surface area contributed by atoms with Gasteiger partial charge >= 0.3 is 0 Å². The van der Waals surface area contributed by atoms with E-state index in [0.29, 0.717) is 31.4 Å². The molecule has 5 rings (SSSR count). The van der Waals surface area contributed by atoms with E-state index in [1.807, 2.05) is 41.3 Å². The highest BCUT2D eigenvalue weighted by Crippen LogP contribution is 2.39. The highest BCUT2D eigenvalue weighted by atomic mass is 16.5. The second kappa shape index (κ2) is 10.1. The molecule has 2 aliphatic heterocycles. The van der Waals surface area contributed by atoms with Gasteiger partial charge in [0.15, 0.2) is 0 Å². The average molecular weight is 475 g/mol. The monoisotopic (exact) mass is 474 g/mol. The van der Waals surface area contributed by atoms with Gasteiger partial charge < -0.3 is 19.3 Å². The summed E-state index contributed by atoms with van der Waals surface area (Å²) in [6.45, 7) is 4.82. The van der Waals surface area contributed by atoms with Gasteiger partial charge in [0.05, 0.1) is 30.6 Å². The van der Waals surface area contributed by atoms with Crippen molar-refractivity contribution in [3.8, 4) is 17.0 Å². The molecule has 3 heterocycles. The van der Waals surface area contributed by atoms with E-state index in [2.05, 4.69) is 53.3 Å². The van der Waals surface area contributed by atoms with Crippen LogP contribution in [-0.4, -0.2) is 66.0 Å². The van der Waals surface area contributed by atoms with E-state index >= 15 is 0 Å². The zero-order valence-corrected chi connectivity index (χ0v) is 20.6. The number of benzene rings is 2. The lowest BCUT2D eigenvalue weighted by atomic mass is 9.87. The van der Waals surface area contributed by atoms with E-state index in [1.165, 1.54) is 5.69 Å². The number of carbonyl (C=O) groups is 1. The molecule has 184 valence electrons. The van der Waals surface area contributed by atoms with Crippen molar-refractivity contribution in [2.75, 3.05) is 38.3 Å². The quantitative estimate of drug-likeness (QED) is 0.534. The van der Waals surface area contributed by atoms with Crippen LogP contribution in [0.25, 0.3) is 11.3 Å². The maximum absolute atomic E-state index is 13.2. The van der Waals surface area contributed by atoms with Crippen LogP contribution in [0.5, 0.6) is 5.75 Å². The van der Waals surface area contributed by atoms with Gasteiger partial charge in [-0.05, 0) is 56.0 Å². The summed E-state index contributed by atoms with van der Waals surface area (Å²) >= 11 is 0. The minimum Gasteiger partial charge on any atom is -0.493 e. The van der Waals surface area contributed by atoms with Gasteiger partial charge in [0.2, 0.25) is 0 Å². The first-order chi connectivity index (χ1) is 17.1. The number of likely N-dealkylation sites (N-methyl/N-ethyl adjacent to an activating group) is 1. The summed E-state index contributed by atoms with van der Waals surface area (Å²) in [7, 11) is 2.14. The summed E-state index contributed by atoms with van der Waals surface area (Å²) in [5.74, 6) is 0.773. The molecule has 2 fully saturated rings. The second-order valence-electron chi connectivity index (χ2n) is 9.60. The molecule has 7 heteroatoms. The number of nitrogens with one attached hydrogen (secondary N) is 1. The lowest BCUT2D eigenvalue weighted by Crippen LogP contribution is -2.47. The fourth-order valence-electron chi connectivity index (χ4n) is 5.16. The fraction of sp³-hybridized carbons (Fsp3) is 0.429. The standard InChI is InChI=1S/C28H34N4O3/c1-3-17-34-26-12-8-7-11-23(26)24-18-25(30-29-24)27(33)32-15-13-28(14-16-32)19-22(20-35-28)31(2)21-9-5-4-6-10-21/h4-12,18,22H,3,13-17,19-20H2,1-2H3,(H,29,30). The van der Waals surface area contributed by atoms with Crippen molar-refractivity contribution in [2.45, 2.75) is 44.2 Å². The minimum atomic E-state index is -0.140. The third kappa shape index (κ3) is 4.91. The lowest BCUT2D eigenvalue weighted by molar-refractivity contribution is -0.0389. The van der Waals surface area contributed by atoms with Crippen molar-refractivity contribution in [3.63, 3.8) is 0 Å². The van der Waals surface area contributed by atoms with Crippen LogP contribution in [0.3, 0.4) is 0 Å². The van der Waals surface area contributed by atoms with E-state index in [4.69, 9.17) is 9.47 Å². The summed E-state index contributed by atoms with van der Waals surface area (Å²) < 4.78 is 12.2. The Bertz CT molecular complexity index is 1140. The number of carbonyl (C=O) groups excluding carboxylic acids is 1. The predicted molar refractivity (Wildman–Crippen MR) is 137 cm³/mol. The van der Waals surface area contributed by atoms with Crippen LogP contribution in [0.15, 0.2) is 60.7 Å². The topological polar surface area (TPSA) is 70.7 Å². The SMILES string of the molecule is CCCOc1ccccc1-c1cc(C(=O)N2CCC3(CC2)CC(N(C)c2ccccc2)CO3)[nH]n1. The number of para-hydroxylation sites is 2. The molecule has 0 radical (unpaired) electrons. The van der Waals surface area contributed by atoms with Crippen LogP contribution in [0.2, 0.25) is 0 Å². The van der Waals surface area contributed by atoms with Crippen LogP contribution in [0, 0.1) is 0 Å². The molecule has 1 unspecified atom stereocenters. The number of aromatic amines is 1. The Labute approximate surface area is 207 Å². The molecule has 1 spiro atoms. The number of hydrogen-bond donors (Lipinski definition) is 1. The van der Waals surface area contributed by atoms with Crippen molar-refractivity contribution in [1.29, 1.82) is 0 Å². The molecular formula is C28H34N4O3. The third-order valence-corrected chi connectivity index (χ3v) is 7.30. The van der Waals surface area contributed by atoms with Gasteiger partial charge in [-0.25, -0.2) is 0 Å². The van der Waals surface area contributed by atoms with Crippen molar-refractivity contribution < 1.29 is 14.3 Å². The lowest BCUT2D eigenvalue weighted by Gasteiger charge is -2.38. The van der Waals surface area contributed by atoms with Gasteiger partial charge in [0, 0.05) is 31.4 Å². The molecule has 0 saturated carbocycles. The summed E-state index contributed by atoms with van der Waals surface area (Å²) in [4.78, 5) is 17.5. The normalized spacial score (nSPS) is 19.1. The number of likely N-dealkylation sites (tertiary alicyclic amines) is 1. The summed E-state index contributed by atoms with van der Waals surface area (Å²) in [6, 6.07) is 20.5. The van der Waals surface area contributed by atoms with Crippen LogP contribution in [-0.2, 0) is 4.74 Å². The molecular weight excluding hydrogens is 440 g/mol. The Morgan fingerprint density at radius 1 is 1.17 bits per heavy atom. The molecule has 1 aromatic heterocycles. The molecule has 2 saturated heterocycles. The van der Waals surface area contributed by atoms with Gasteiger partial charge in [-0.3, -0.25) is 9.89 Å². The molecule has 1 amide bonds. The number of H-pyrrole nitrogens is 1. The van der Waals surface area contributed by atoms with Crippen molar-refractivity contribution >= 4 is 11.6 Å². The number of amides is 1. The average Bonchev–Trinajstić information content (AvgIpc) is 3.56. The Hall–Kier alpha value is -3.32. The van der Waals surface area contributed by atoms with E-state index in [1.54, 1.807) is 0 Å². The first-order valence-corrected chi connectivity index (χ1v) is 12.6. The number of aromatic nitrogens is 2. The molecule has 1 atom stereocenters. The number of anilines is 1. The third-order valence-electron chi connectivity index (χ3n) is 7.30. The van der Waals surface area contributed by atoms with Crippen molar-refractivity contribution in [2.24, 2.45) is 0 Å². The van der Waals surface area contributed by atoms with Crippen molar-refractivity contribution in [3.05, 3.63) is 66.4 Å². The Kier molecular flexibility index (Phi) is 6.77. The summed E-state index contributed by atoms with van der Waals surface area (Å²) in [5.41, 5.74) is 3.19. The molecule has 35 heavy (non-hydrogen) atoms. The Morgan fingerprint density at radius 3 is 2.69 bits per heavy atom. The fourth-order valence-corrected chi connectivity index (χ4v) is 5.16. The maximum atomic E-state index is 13.2. The number of hydrogen-bond acceptors (Lipinski definition) is 5. The molecule has 7 nitrogen and oxygen atoms in total. The summed E-state index contributed by atoms with van der Waals surface area (Å²) in [5, 5.41) is 7.37. The van der Waals surface area contributed by atoms with Crippen LogP contribution in [0.1, 0.15) is 43.1 Å². The number of rotatable bonds is 7. The van der Waals surface area contributed by atoms with Crippen molar-refractivity contribution in [1.82, 2.24) is 15.1 Å². The van der Waals surface area contributed by atoms with Gasteiger partial charge in [-0.15, -0.1) is 0 Å². The highest BCUT2D eigenvalue weighted by molar-refractivity contribution is 5.93. The molecule has 0 aliphatic carbocycles. The van der Waals surface area contributed by atoms with Gasteiger partial charge in [-0.2, -0.15) is 5.10 Å². The Balaban J connectivity index is 1.20. The first kappa shape index (κ1) is 23.4. The smallest absolute Gasteiger partial charge is 0.271 e. The van der Waals surface area contributed by atoms with Crippen LogP contribution < -0.4 is 9.64 Å². The molecule has 3 aromatic rings. The molecule has 2 aromatic carbocycles. The maximum Gasteiger partial charge on any atom is 0.271 e. The summed E-state index contributed by atoms with van der Waals surface area (Å²) in [6.07, 6.45) is 3.63. The zero-order valence-electron chi connectivity index (χ0n) is 20.6. The molecule has 1 N–H and O–H groups in total. The van der Waals surface area contributed by atoms with E-state index in [0.717, 1.165) is 49.3 Å². The van der Waals surface area contributed by atoms with E-state index in [-0.39, 0.29) is 11.5 Å². The van der Waals surface area contributed by atoms with Gasteiger partial charge in [0.25, 0.3) is 5.91 Å². The number of ether oxygens (including phenoxy) is 2. The number of nitrogens with zero attached hydrogens (tertiary/aromatic N) is 3. The minimum absolute atomic E-state index is 0.0125.